The summed E-state index contributed by atoms with van der Waals surface area (Å²) in [5.74, 6) is -1.67. The zero-order valence-electron chi connectivity index (χ0n) is 9.58. The standard InChI is InChI=1S/C11H9ClN2O4S/c12-10-3-9(2-1-7(10)4-13)19(17,18)14-5-8(6-14)11(15)16/h1-3,8H,5-6H2,(H,15,16). The number of nitriles is 1. The highest BCUT2D eigenvalue weighted by Gasteiger charge is 2.40. The van der Waals surface area contributed by atoms with E-state index < -0.39 is 21.9 Å². The number of halogens is 1. The molecule has 1 aliphatic rings. The summed E-state index contributed by atoms with van der Waals surface area (Å²) in [6.07, 6.45) is 0. The molecule has 0 spiro atoms. The van der Waals surface area contributed by atoms with Gasteiger partial charge in [-0.05, 0) is 18.2 Å². The smallest absolute Gasteiger partial charge is 0.309 e. The van der Waals surface area contributed by atoms with Crippen molar-refractivity contribution in [2.45, 2.75) is 4.90 Å². The largest absolute Gasteiger partial charge is 0.481 e. The van der Waals surface area contributed by atoms with Gasteiger partial charge in [-0.2, -0.15) is 9.57 Å². The van der Waals surface area contributed by atoms with E-state index in [1.54, 1.807) is 0 Å². The fourth-order valence-electron chi connectivity index (χ4n) is 1.69. The molecule has 1 N–H and O–H groups in total. The average molecular weight is 301 g/mol. The number of hydrogen-bond donors (Lipinski definition) is 1. The van der Waals surface area contributed by atoms with Gasteiger partial charge in [0.1, 0.15) is 6.07 Å². The van der Waals surface area contributed by atoms with Crippen LogP contribution in [0.1, 0.15) is 5.56 Å². The Balaban J connectivity index is 2.25. The Hall–Kier alpha value is -1.62. The van der Waals surface area contributed by atoms with Gasteiger partial charge < -0.3 is 5.11 Å². The molecule has 1 aromatic carbocycles. The first-order valence-corrected chi connectivity index (χ1v) is 7.10. The Labute approximate surface area is 114 Å². The summed E-state index contributed by atoms with van der Waals surface area (Å²) in [5.41, 5.74) is 0.188. The van der Waals surface area contributed by atoms with Gasteiger partial charge >= 0.3 is 5.97 Å². The number of carbonyl (C=O) groups is 1. The zero-order valence-corrected chi connectivity index (χ0v) is 11.1. The highest BCUT2D eigenvalue weighted by molar-refractivity contribution is 7.89. The highest BCUT2D eigenvalue weighted by Crippen LogP contribution is 2.27. The van der Waals surface area contributed by atoms with Crippen LogP contribution in [0.2, 0.25) is 5.02 Å². The lowest BCUT2D eigenvalue weighted by atomic mass is 10.0. The third-order valence-corrected chi connectivity index (χ3v) is 5.04. The first-order valence-electron chi connectivity index (χ1n) is 5.29. The monoisotopic (exact) mass is 300 g/mol. The van der Waals surface area contributed by atoms with E-state index in [2.05, 4.69) is 0 Å². The molecule has 1 heterocycles. The van der Waals surface area contributed by atoms with Crippen molar-refractivity contribution in [3.05, 3.63) is 28.8 Å². The second kappa shape index (κ2) is 4.81. The molecule has 0 radical (unpaired) electrons. The van der Waals surface area contributed by atoms with Crippen LogP contribution in [0.25, 0.3) is 0 Å². The molecule has 1 aliphatic heterocycles. The number of rotatable bonds is 3. The summed E-state index contributed by atoms with van der Waals surface area (Å²) >= 11 is 5.78. The molecule has 1 saturated heterocycles. The molecule has 0 bridgehead atoms. The van der Waals surface area contributed by atoms with Crippen LogP contribution in [0.5, 0.6) is 0 Å². The minimum atomic E-state index is -3.74. The van der Waals surface area contributed by atoms with E-state index in [1.165, 1.54) is 18.2 Å². The van der Waals surface area contributed by atoms with Gasteiger partial charge in [0.25, 0.3) is 0 Å². The number of nitrogens with zero attached hydrogens (tertiary/aromatic N) is 2. The maximum Gasteiger partial charge on any atom is 0.309 e. The fourth-order valence-corrected chi connectivity index (χ4v) is 3.53. The Morgan fingerprint density at radius 2 is 2.11 bits per heavy atom. The summed E-state index contributed by atoms with van der Waals surface area (Å²) in [6.45, 7) is -0.0927. The van der Waals surface area contributed by atoms with E-state index in [9.17, 15) is 13.2 Å². The van der Waals surface area contributed by atoms with Gasteiger partial charge in [0, 0.05) is 13.1 Å². The third kappa shape index (κ3) is 2.42. The van der Waals surface area contributed by atoms with E-state index in [0.717, 1.165) is 4.31 Å². The van der Waals surface area contributed by atoms with Crippen LogP contribution in [-0.4, -0.2) is 36.9 Å². The molecule has 0 aliphatic carbocycles. The van der Waals surface area contributed by atoms with Gasteiger partial charge in [0.2, 0.25) is 10.0 Å². The number of aliphatic carboxylic acids is 1. The minimum Gasteiger partial charge on any atom is -0.481 e. The topological polar surface area (TPSA) is 98.5 Å². The molecule has 6 nitrogen and oxygen atoms in total. The molecular formula is C11H9ClN2O4S. The predicted molar refractivity (Wildman–Crippen MR) is 66.1 cm³/mol. The lowest BCUT2D eigenvalue weighted by molar-refractivity contribution is -0.145. The second-order valence-corrected chi connectivity index (χ2v) is 6.46. The van der Waals surface area contributed by atoms with Crippen molar-refractivity contribution < 1.29 is 18.3 Å². The predicted octanol–water partition coefficient (Wildman–Crippen LogP) is 0.917. The summed E-state index contributed by atoms with van der Waals surface area (Å²) in [4.78, 5) is 10.6. The second-order valence-electron chi connectivity index (χ2n) is 4.11. The summed E-state index contributed by atoms with van der Waals surface area (Å²) < 4.78 is 25.3. The van der Waals surface area contributed by atoms with Crippen LogP contribution in [0.15, 0.2) is 23.1 Å². The summed E-state index contributed by atoms with van der Waals surface area (Å²) in [7, 11) is -3.74. The van der Waals surface area contributed by atoms with Crippen LogP contribution in [0.3, 0.4) is 0 Å². The van der Waals surface area contributed by atoms with E-state index in [1.807, 2.05) is 6.07 Å². The zero-order chi connectivity index (χ0) is 14.2. The Morgan fingerprint density at radius 1 is 1.47 bits per heavy atom. The molecule has 2 rings (SSSR count). The van der Waals surface area contributed by atoms with Crippen molar-refractivity contribution in [1.29, 1.82) is 5.26 Å². The molecule has 100 valence electrons. The van der Waals surface area contributed by atoms with Crippen LogP contribution < -0.4 is 0 Å². The summed E-state index contributed by atoms with van der Waals surface area (Å²) in [5, 5.41) is 17.5. The average Bonchev–Trinajstić information content (AvgIpc) is 2.25. The maximum atomic E-state index is 12.1. The quantitative estimate of drug-likeness (QED) is 0.895. The molecular weight excluding hydrogens is 292 g/mol. The number of hydrogen-bond acceptors (Lipinski definition) is 4. The Bertz CT molecular complexity index is 674. The van der Waals surface area contributed by atoms with E-state index in [4.69, 9.17) is 22.0 Å². The Kier molecular flexibility index (Phi) is 3.49. The first kappa shape index (κ1) is 13.8. The van der Waals surface area contributed by atoms with Crippen molar-refractivity contribution in [1.82, 2.24) is 4.31 Å². The van der Waals surface area contributed by atoms with Gasteiger partial charge in [-0.25, -0.2) is 8.42 Å². The third-order valence-electron chi connectivity index (χ3n) is 2.90. The lowest BCUT2D eigenvalue weighted by Gasteiger charge is -2.35. The molecule has 19 heavy (non-hydrogen) atoms. The molecule has 0 unspecified atom stereocenters. The van der Waals surface area contributed by atoms with Gasteiger partial charge in [0.15, 0.2) is 0 Å². The number of benzene rings is 1. The van der Waals surface area contributed by atoms with E-state index in [-0.39, 0.29) is 28.6 Å². The van der Waals surface area contributed by atoms with Gasteiger partial charge in [0.05, 0.1) is 21.4 Å². The molecule has 0 saturated carbocycles. The van der Waals surface area contributed by atoms with Crippen LogP contribution in [0, 0.1) is 17.2 Å². The highest BCUT2D eigenvalue weighted by atomic mass is 35.5. The minimum absolute atomic E-state index is 0.0414. The van der Waals surface area contributed by atoms with Crippen molar-refractivity contribution in [3.8, 4) is 6.07 Å². The van der Waals surface area contributed by atoms with Gasteiger partial charge in [-0.15, -0.1) is 0 Å². The van der Waals surface area contributed by atoms with Crippen molar-refractivity contribution in [2.24, 2.45) is 5.92 Å². The molecule has 0 atom stereocenters. The van der Waals surface area contributed by atoms with Crippen molar-refractivity contribution in [2.75, 3.05) is 13.1 Å². The van der Waals surface area contributed by atoms with Crippen molar-refractivity contribution >= 4 is 27.6 Å². The number of carboxylic acid groups (broad SMARTS) is 1. The van der Waals surface area contributed by atoms with Gasteiger partial charge in [-0.1, -0.05) is 11.6 Å². The molecule has 0 aromatic heterocycles. The Morgan fingerprint density at radius 3 is 2.58 bits per heavy atom. The van der Waals surface area contributed by atoms with Crippen LogP contribution >= 0.6 is 11.6 Å². The maximum absolute atomic E-state index is 12.1. The first-order chi connectivity index (χ1) is 8.86. The van der Waals surface area contributed by atoms with Gasteiger partial charge in [-0.3, -0.25) is 4.79 Å². The molecule has 8 heteroatoms. The summed E-state index contributed by atoms with van der Waals surface area (Å²) in [6, 6.07) is 5.64. The molecule has 1 aromatic rings. The SMILES string of the molecule is N#Cc1ccc(S(=O)(=O)N2CC(C(=O)O)C2)cc1Cl. The molecule has 0 amide bonds. The van der Waals surface area contributed by atoms with E-state index >= 15 is 0 Å². The number of carboxylic acids is 1. The van der Waals surface area contributed by atoms with E-state index in [0.29, 0.717) is 0 Å². The van der Waals surface area contributed by atoms with Crippen molar-refractivity contribution in [3.63, 3.8) is 0 Å². The normalized spacial score (nSPS) is 16.6. The van der Waals surface area contributed by atoms with Crippen LogP contribution in [0.4, 0.5) is 0 Å². The lowest BCUT2D eigenvalue weighted by Crippen LogP contribution is -2.52. The fraction of sp³-hybridized carbons (Fsp3) is 0.273. The van der Waals surface area contributed by atoms with Crippen LogP contribution in [-0.2, 0) is 14.8 Å². The number of sulfonamides is 1. The molecule has 1 fully saturated rings.